The summed E-state index contributed by atoms with van der Waals surface area (Å²) < 4.78 is 42.7. The maximum absolute atomic E-state index is 12.4. The van der Waals surface area contributed by atoms with Crippen molar-refractivity contribution in [3.8, 4) is 5.75 Å². The third kappa shape index (κ3) is 3.62. The zero-order chi connectivity index (χ0) is 13.9. The minimum absolute atomic E-state index is 0.0388. The molecular weight excluding hydrogens is 255 g/mol. The first-order valence-electron chi connectivity index (χ1n) is 6.56. The Hall–Kier alpha value is -1.23. The van der Waals surface area contributed by atoms with Gasteiger partial charge < -0.3 is 10.1 Å². The summed E-state index contributed by atoms with van der Waals surface area (Å²) >= 11 is 0. The molecule has 0 saturated heterocycles. The third-order valence-corrected chi connectivity index (χ3v) is 3.29. The highest BCUT2D eigenvalue weighted by atomic mass is 19.4. The molecule has 0 saturated carbocycles. The van der Waals surface area contributed by atoms with Gasteiger partial charge in [-0.15, -0.1) is 0 Å². The Kier molecular flexibility index (Phi) is 4.34. The van der Waals surface area contributed by atoms with Crippen LogP contribution in [0.3, 0.4) is 0 Å². The van der Waals surface area contributed by atoms with Crippen LogP contribution in [0.15, 0.2) is 18.2 Å². The largest absolute Gasteiger partial charge is 0.493 e. The Morgan fingerprint density at radius 3 is 2.84 bits per heavy atom. The van der Waals surface area contributed by atoms with Crippen LogP contribution in [0.25, 0.3) is 0 Å². The van der Waals surface area contributed by atoms with Crippen LogP contribution < -0.4 is 10.1 Å². The van der Waals surface area contributed by atoms with E-state index >= 15 is 0 Å². The van der Waals surface area contributed by atoms with Gasteiger partial charge in [0.2, 0.25) is 0 Å². The number of benzene rings is 1. The van der Waals surface area contributed by atoms with E-state index in [1.165, 1.54) is 0 Å². The molecule has 1 atom stereocenters. The van der Waals surface area contributed by atoms with E-state index in [1.54, 1.807) is 0 Å². The number of para-hydroxylation sites is 1. The molecule has 106 valence electrons. The topological polar surface area (TPSA) is 21.3 Å². The van der Waals surface area contributed by atoms with Gasteiger partial charge in [-0.2, -0.15) is 13.2 Å². The van der Waals surface area contributed by atoms with Gasteiger partial charge in [0, 0.05) is 24.4 Å². The molecule has 1 N–H and O–H groups in total. The number of nitrogens with one attached hydrogen (secondary N) is 1. The first-order chi connectivity index (χ1) is 9.01. The molecule has 2 nitrogen and oxygen atoms in total. The average Bonchev–Trinajstić information content (AvgIpc) is 2.81. The molecule has 0 fully saturated rings. The minimum Gasteiger partial charge on any atom is -0.493 e. The van der Waals surface area contributed by atoms with Gasteiger partial charge in [0.05, 0.1) is 6.61 Å². The van der Waals surface area contributed by atoms with Gasteiger partial charge in [0.15, 0.2) is 0 Å². The van der Waals surface area contributed by atoms with Crippen LogP contribution in [0.2, 0.25) is 0 Å². The summed E-state index contributed by atoms with van der Waals surface area (Å²) in [7, 11) is 0. The summed E-state index contributed by atoms with van der Waals surface area (Å²) in [6.07, 6.45) is -4.03. The second-order valence-corrected chi connectivity index (χ2v) is 4.70. The van der Waals surface area contributed by atoms with Crippen LogP contribution in [0.5, 0.6) is 5.75 Å². The van der Waals surface area contributed by atoms with Crippen LogP contribution >= 0.6 is 0 Å². The molecule has 1 aliphatic heterocycles. The van der Waals surface area contributed by atoms with Crippen LogP contribution in [-0.2, 0) is 6.42 Å². The molecular formula is C14H18F3NO. The molecule has 2 rings (SSSR count). The first kappa shape index (κ1) is 14.2. The molecule has 0 aliphatic carbocycles. The fourth-order valence-corrected chi connectivity index (χ4v) is 2.44. The zero-order valence-electron chi connectivity index (χ0n) is 10.9. The van der Waals surface area contributed by atoms with Crippen molar-refractivity contribution in [2.45, 2.75) is 38.4 Å². The molecule has 0 spiro atoms. The Bertz CT molecular complexity index is 431. The summed E-state index contributed by atoms with van der Waals surface area (Å²) in [5.74, 6) is 0.774. The number of hydrogen-bond donors (Lipinski definition) is 1. The molecule has 0 aromatic heterocycles. The lowest BCUT2D eigenvalue weighted by molar-refractivity contribution is -0.136. The molecule has 1 aliphatic rings. The molecule has 1 aromatic carbocycles. The Balaban J connectivity index is 2.17. The first-order valence-corrected chi connectivity index (χ1v) is 6.56. The molecule has 19 heavy (non-hydrogen) atoms. The predicted molar refractivity (Wildman–Crippen MR) is 67.3 cm³/mol. The van der Waals surface area contributed by atoms with Crippen molar-refractivity contribution in [2.75, 3.05) is 13.2 Å². The van der Waals surface area contributed by atoms with Gasteiger partial charge in [-0.3, -0.25) is 0 Å². The lowest BCUT2D eigenvalue weighted by Crippen LogP contribution is -2.23. The van der Waals surface area contributed by atoms with E-state index in [2.05, 4.69) is 5.32 Å². The number of hydrogen-bond acceptors (Lipinski definition) is 2. The number of ether oxygens (including phenoxy) is 1. The second-order valence-electron chi connectivity index (χ2n) is 4.70. The monoisotopic (exact) mass is 273 g/mol. The predicted octanol–water partition coefficient (Wildman–Crippen LogP) is 3.61. The van der Waals surface area contributed by atoms with Crippen LogP contribution in [0.1, 0.15) is 36.9 Å². The quantitative estimate of drug-likeness (QED) is 0.884. The van der Waals surface area contributed by atoms with Crippen molar-refractivity contribution < 1.29 is 17.9 Å². The van der Waals surface area contributed by atoms with E-state index in [-0.39, 0.29) is 12.5 Å². The van der Waals surface area contributed by atoms with Gasteiger partial charge >= 0.3 is 6.18 Å². The van der Waals surface area contributed by atoms with Gasteiger partial charge in [-0.05, 0) is 18.5 Å². The van der Waals surface area contributed by atoms with Gasteiger partial charge in [-0.1, -0.05) is 25.1 Å². The van der Waals surface area contributed by atoms with E-state index in [9.17, 15) is 13.2 Å². The summed E-state index contributed by atoms with van der Waals surface area (Å²) in [5, 5.41) is 3.12. The number of rotatable bonds is 5. The second kappa shape index (κ2) is 5.82. The molecule has 5 heteroatoms. The Labute approximate surface area is 111 Å². The maximum Gasteiger partial charge on any atom is 0.389 e. The summed E-state index contributed by atoms with van der Waals surface area (Å²) in [6, 6.07) is 5.41. The van der Waals surface area contributed by atoms with Crippen LogP contribution in [0.4, 0.5) is 13.2 Å². The molecule has 1 aromatic rings. The molecule has 0 amide bonds. The fourth-order valence-electron chi connectivity index (χ4n) is 2.44. The maximum atomic E-state index is 12.4. The molecule has 1 unspecified atom stereocenters. The normalized spacial score (nSPS) is 16.0. The average molecular weight is 273 g/mol. The number of fused-ring (bicyclic) bond motifs is 1. The molecule has 0 bridgehead atoms. The highest BCUT2D eigenvalue weighted by molar-refractivity contribution is 5.45. The lowest BCUT2D eigenvalue weighted by atomic mass is 9.98. The summed E-state index contributed by atoms with van der Waals surface area (Å²) in [6.45, 7) is 3.14. The van der Waals surface area contributed by atoms with Gasteiger partial charge in [0.1, 0.15) is 5.75 Å². The number of alkyl halides is 3. The van der Waals surface area contributed by atoms with Crippen LogP contribution in [0, 0.1) is 0 Å². The van der Waals surface area contributed by atoms with E-state index in [4.69, 9.17) is 4.74 Å². The highest BCUT2D eigenvalue weighted by Crippen LogP contribution is 2.36. The van der Waals surface area contributed by atoms with Gasteiger partial charge in [0.25, 0.3) is 0 Å². The molecule has 1 heterocycles. The van der Waals surface area contributed by atoms with E-state index in [0.717, 1.165) is 23.3 Å². The Morgan fingerprint density at radius 1 is 1.37 bits per heavy atom. The smallest absolute Gasteiger partial charge is 0.389 e. The fraction of sp³-hybridized carbons (Fsp3) is 0.571. The summed E-state index contributed by atoms with van der Waals surface area (Å²) in [5.41, 5.74) is 1.94. The Morgan fingerprint density at radius 2 is 2.16 bits per heavy atom. The third-order valence-electron chi connectivity index (χ3n) is 3.29. The van der Waals surface area contributed by atoms with Crippen molar-refractivity contribution in [3.05, 3.63) is 29.3 Å². The van der Waals surface area contributed by atoms with Crippen molar-refractivity contribution in [3.63, 3.8) is 0 Å². The van der Waals surface area contributed by atoms with E-state index < -0.39 is 12.6 Å². The van der Waals surface area contributed by atoms with Crippen molar-refractivity contribution >= 4 is 0 Å². The number of halogens is 3. The van der Waals surface area contributed by atoms with Crippen molar-refractivity contribution in [1.82, 2.24) is 5.32 Å². The molecule has 0 radical (unpaired) electrons. The van der Waals surface area contributed by atoms with Crippen molar-refractivity contribution in [2.24, 2.45) is 0 Å². The van der Waals surface area contributed by atoms with Crippen LogP contribution in [-0.4, -0.2) is 19.3 Å². The van der Waals surface area contributed by atoms with E-state index in [1.807, 2.05) is 25.1 Å². The van der Waals surface area contributed by atoms with Crippen molar-refractivity contribution in [1.29, 1.82) is 0 Å². The minimum atomic E-state index is -4.12. The zero-order valence-corrected chi connectivity index (χ0v) is 10.9. The van der Waals surface area contributed by atoms with E-state index in [0.29, 0.717) is 13.2 Å². The lowest BCUT2D eigenvalue weighted by Gasteiger charge is -2.21. The van der Waals surface area contributed by atoms with Gasteiger partial charge in [-0.25, -0.2) is 0 Å². The summed E-state index contributed by atoms with van der Waals surface area (Å²) in [4.78, 5) is 0. The SMILES string of the molecule is CCNC(CCC(F)(F)F)c1cccc2c1OCC2. The highest BCUT2D eigenvalue weighted by Gasteiger charge is 2.30. The standard InChI is InChI=1S/C14H18F3NO/c1-2-18-12(6-8-14(15,16)17)11-5-3-4-10-7-9-19-13(10)11/h3-5,12,18H,2,6-9H2,1H3.